The van der Waals surface area contributed by atoms with E-state index in [0.717, 1.165) is 42.6 Å². The average molecular weight is 792 g/mol. The summed E-state index contributed by atoms with van der Waals surface area (Å²) in [5, 5.41) is 15.6. The Hall–Kier alpha value is -5.64. The van der Waals surface area contributed by atoms with Crippen molar-refractivity contribution in [3.05, 3.63) is 159 Å². The van der Waals surface area contributed by atoms with Crippen LogP contribution in [0.25, 0.3) is 27.4 Å². The van der Waals surface area contributed by atoms with Crippen molar-refractivity contribution >= 4 is 62.6 Å². The zero-order valence-electron chi connectivity index (χ0n) is 32.6. The summed E-state index contributed by atoms with van der Waals surface area (Å²) >= 11 is 3.65. The van der Waals surface area contributed by atoms with Gasteiger partial charge in [0.25, 0.3) is 10.9 Å². The molecular formula is C48H47N4O3S2+. The molecule has 0 aliphatic carbocycles. The van der Waals surface area contributed by atoms with Gasteiger partial charge in [-0.2, -0.15) is 4.57 Å². The summed E-state index contributed by atoms with van der Waals surface area (Å²) in [4.78, 5) is 31.2. The first kappa shape index (κ1) is 38.2. The molecule has 0 saturated heterocycles. The molecule has 9 heteroatoms. The predicted octanol–water partition coefficient (Wildman–Crippen LogP) is 10.2. The number of thioether (sulfide) groups is 1. The van der Waals surface area contributed by atoms with Gasteiger partial charge in [-0.05, 0) is 102 Å². The SMILES string of the molecule is CCC(/C=C1\Sc2ccc(C)cc2N1CCCCNC(=O)c1cccc(N2Cc3ccccc3CC2C(=O)O)c1)=C\c1sc2ccc(-c3ccccc3)cc2[n+]1C. The number of hydrogen-bond donors (Lipinski definition) is 2. The predicted molar refractivity (Wildman–Crippen MR) is 235 cm³/mol. The van der Waals surface area contributed by atoms with Gasteiger partial charge in [0.05, 0.1) is 10.7 Å². The molecule has 6 aromatic rings. The van der Waals surface area contributed by atoms with Crippen LogP contribution < -0.4 is 19.7 Å². The monoisotopic (exact) mass is 791 g/mol. The summed E-state index contributed by atoms with van der Waals surface area (Å²) < 4.78 is 3.58. The summed E-state index contributed by atoms with van der Waals surface area (Å²) in [7, 11) is 2.16. The summed E-state index contributed by atoms with van der Waals surface area (Å²) in [5.41, 5.74) is 10.9. The standard InChI is InChI=1S/C48H46N4O3S2/c1-4-33(26-45-50(3)40-29-36(20-22-43(40)56-45)34-13-6-5-7-14-34)27-46-51(41-25-32(2)19-21-44(41)57-46)24-11-10-23-49-47(53)37-17-12-18-39(28-37)52-31-38-16-9-8-15-35(38)30-42(52)48(54)55/h5-9,12-22,25-29,42H,4,10-11,23-24,30-31H2,1-3H3,(H-,49,53,54,55)/p+1. The summed E-state index contributed by atoms with van der Waals surface area (Å²) in [6.07, 6.45) is 7.75. The molecule has 0 saturated carbocycles. The van der Waals surface area contributed by atoms with E-state index in [-0.39, 0.29) is 5.91 Å². The smallest absolute Gasteiger partial charge is 0.326 e. The highest BCUT2D eigenvalue weighted by atomic mass is 32.2. The van der Waals surface area contributed by atoms with E-state index < -0.39 is 12.0 Å². The maximum Gasteiger partial charge on any atom is 0.326 e. The van der Waals surface area contributed by atoms with Crippen molar-refractivity contribution in [3.63, 3.8) is 0 Å². The van der Waals surface area contributed by atoms with Crippen LogP contribution in [0.1, 0.15) is 58.2 Å². The first-order chi connectivity index (χ1) is 27.7. The number of nitrogens with zero attached hydrogens (tertiary/aromatic N) is 3. The van der Waals surface area contributed by atoms with Crippen molar-refractivity contribution in [2.24, 2.45) is 7.05 Å². The lowest BCUT2D eigenvalue weighted by molar-refractivity contribution is -0.642. The zero-order chi connectivity index (χ0) is 39.5. The molecule has 288 valence electrons. The lowest BCUT2D eigenvalue weighted by Crippen LogP contribution is -2.45. The Morgan fingerprint density at radius 2 is 1.70 bits per heavy atom. The Bertz CT molecular complexity index is 2520. The van der Waals surface area contributed by atoms with E-state index in [0.29, 0.717) is 25.1 Å². The molecule has 1 amide bonds. The van der Waals surface area contributed by atoms with Crippen LogP contribution in [0.4, 0.5) is 11.4 Å². The second-order valence-corrected chi connectivity index (χ2v) is 16.9. The van der Waals surface area contributed by atoms with Gasteiger partial charge >= 0.3 is 5.97 Å². The molecule has 2 N–H and O–H groups in total. The van der Waals surface area contributed by atoms with Crippen molar-refractivity contribution < 1.29 is 19.3 Å². The quantitative estimate of drug-likeness (QED) is 0.0950. The number of carboxylic acid groups (broad SMARTS) is 1. The molecule has 0 fully saturated rings. The molecule has 2 aliphatic rings. The van der Waals surface area contributed by atoms with Crippen LogP contribution >= 0.6 is 23.1 Å². The van der Waals surface area contributed by atoms with Crippen molar-refractivity contribution in [2.75, 3.05) is 22.9 Å². The maximum atomic E-state index is 13.4. The molecule has 5 aromatic carbocycles. The lowest BCUT2D eigenvalue weighted by atomic mass is 9.93. The van der Waals surface area contributed by atoms with Crippen LogP contribution in [0.5, 0.6) is 0 Å². The summed E-state index contributed by atoms with van der Waals surface area (Å²) in [6.45, 7) is 6.24. The maximum absolute atomic E-state index is 13.4. The van der Waals surface area contributed by atoms with E-state index in [9.17, 15) is 14.7 Å². The number of anilines is 2. The number of allylic oxidation sites excluding steroid dienone is 2. The van der Waals surface area contributed by atoms with Gasteiger partial charge in [0.15, 0.2) is 0 Å². The molecule has 3 heterocycles. The van der Waals surface area contributed by atoms with Crippen LogP contribution in [0.15, 0.2) is 137 Å². The second-order valence-electron chi connectivity index (χ2n) is 14.8. The minimum absolute atomic E-state index is 0.150. The Morgan fingerprint density at radius 1 is 0.895 bits per heavy atom. The number of aromatic nitrogens is 1. The van der Waals surface area contributed by atoms with Gasteiger partial charge in [0, 0.05) is 54.3 Å². The van der Waals surface area contributed by atoms with E-state index in [1.54, 1.807) is 6.07 Å². The van der Waals surface area contributed by atoms with Crippen LogP contribution in [-0.2, 0) is 24.8 Å². The number of benzene rings is 5. The third-order valence-electron chi connectivity index (χ3n) is 11.0. The molecule has 1 unspecified atom stereocenters. The van der Waals surface area contributed by atoms with E-state index in [1.807, 2.05) is 70.5 Å². The molecule has 1 atom stereocenters. The number of unbranched alkanes of at least 4 members (excludes halogenated alkanes) is 1. The molecular weight excluding hydrogens is 745 g/mol. The lowest BCUT2D eigenvalue weighted by Gasteiger charge is -2.36. The summed E-state index contributed by atoms with van der Waals surface area (Å²) in [6, 6.07) is 38.6. The van der Waals surface area contributed by atoms with Crippen LogP contribution in [-0.4, -0.2) is 36.1 Å². The molecule has 57 heavy (non-hydrogen) atoms. The van der Waals surface area contributed by atoms with Crippen molar-refractivity contribution in [1.29, 1.82) is 0 Å². The molecule has 0 spiro atoms. The average Bonchev–Trinajstić information content (AvgIpc) is 3.74. The van der Waals surface area contributed by atoms with E-state index in [2.05, 4.69) is 115 Å². The number of rotatable bonds is 12. The first-order valence-electron chi connectivity index (χ1n) is 19.7. The number of aliphatic carboxylic acids is 1. The Balaban J connectivity index is 0.937. The largest absolute Gasteiger partial charge is 0.480 e. The van der Waals surface area contributed by atoms with Gasteiger partial charge in [0.2, 0.25) is 5.52 Å². The highest BCUT2D eigenvalue weighted by molar-refractivity contribution is 8.03. The number of amides is 1. The number of aryl methyl sites for hydroxylation is 2. The number of fused-ring (bicyclic) bond motifs is 3. The third-order valence-corrected chi connectivity index (χ3v) is 13.2. The number of thiazole rings is 1. The fourth-order valence-electron chi connectivity index (χ4n) is 7.75. The normalized spacial score (nSPS) is 15.9. The van der Waals surface area contributed by atoms with Gasteiger partial charge in [-0.1, -0.05) is 103 Å². The van der Waals surface area contributed by atoms with E-state index in [4.69, 9.17) is 0 Å². The van der Waals surface area contributed by atoms with Gasteiger partial charge in [-0.25, -0.2) is 4.79 Å². The second kappa shape index (κ2) is 16.8. The highest BCUT2D eigenvalue weighted by Gasteiger charge is 2.32. The molecule has 0 radical (unpaired) electrons. The number of carbonyl (C=O) groups excluding carboxylic acids is 1. The van der Waals surface area contributed by atoms with Crippen LogP contribution in [0, 0.1) is 6.92 Å². The first-order valence-corrected chi connectivity index (χ1v) is 21.3. The molecule has 8 rings (SSSR count). The van der Waals surface area contributed by atoms with E-state index >= 15 is 0 Å². The molecule has 1 aromatic heterocycles. The van der Waals surface area contributed by atoms with Crippen molar-refractivity contribution in [3.8, 4) is 11.1 Å². The van der Waals surface area contributed by atoms with E-state index in [1.165, 1.54) is 53.1 Å². The Kier molecular flexibility index (Phi) is 11.3. The summed E-state index contributed by atoms with van der Waals surface area (Å²) in [5.74, 6) is -1.01. The zero-order valence-corrected chi connectivity index (χ0v) is 34.2. The minimum atomic E-state index is -0.864. The van der Waals surface area contributed by atoms with Crippen LogP contribution in [0.3, 0.4) is 0 Å². The van der Waals surface area contributed by atoms with Gasteiger partial charge in [0.1, 0.15) is 17.8 Å². The number of carboxylic acids is 1. The Labute approximate surface area is 343 Å². The number of hydrogen-bond acceptors (Lipinski definition) is 6. The highest BCUT2D eigenvalue weighted by Crippen LogP contribution is 2.47. The fraction of sp³-hybridized carbons (Fsp3) is 0.229. The van der Waals surface area contributed by atoms with Gasteiger partial charge < -0.3 is 20.2 Å². The molecule has 2 aliphatic heterocycles. The minimum Gasteiger partial charge on any atom is -0.480 e. The van der Waals surface area contributed by atoms with Crippen molar-refractivity contribution in [2.45, 2.75) is 57.0 Å². The topological polar surface area (TPSA) is 76.8 Å². The Morgan fingerprint density at radius 3 is 2.51 bits per heavy atom. The van der Waals surface area contributed by atoms with Gasteiger partial charge in [-0.3, -0.25) is 4.79 Å². The number of nitrogens with one attached hydrogen (secondary N) is 1. The fourth-order valence-corrected chi connectivity index (χ4v) is 10.0. The molecule has 7 nitrogen and oxygen atoms in total. The number of carbonyl (C=O) groups is 2. The van der Waals surface area contributed by atoms with Gasteiger partial charge in [-0.15, -0.1) is 0 Å². The van der Waals surface area contributed by atoms with Crippen LogP contribution in [0.2, 0.25) is 0 Å². The van der Waals surface area contributed by atoms with Crippen molar-refractivity contribution in [1.82, 2.24) is 5.32 Å². The molecule has 0 bridgehead atoms. The third kappa shape index (κ3) is 8.27.